The highest BCUT2D eigenvalue weighted by atomic mass is 35.5. The minimum absolute atomic E-state index is 0.00480. The largest absolute Gasteiger partial charge is 0.506 e. The summed E-state index contributed by atoms with van der Waals surface area (Å²) in [7, 11) is -3.83. The highest BCUT2D eigenvalue weighted by molar-refractivity contribution is 7.89. The molecule has 1 aliphatic rings. The fourth-order valence-electron chi connectivity index (χ4n) is 3.52. The molecule has 1 amide bonds. The first-order chi connectivity index (χ1) is 15.9. The van der Waals surface area contributed by atoms with Crippen molar-refractivity contribution in [1.29, 1.82) is 0 Å². The van der Waals surface area contributed by atoms with Crippen LogP contribution in [0.5, 0.6) is 5.75 Å². The molecule has 10 heteroatoms. The lowest BCUT2D eigenvalue weighted by Gasteiger charge is -2.27. The van der Waals surface area contributed by atoms with Crippen LogP contribution in [0.2, 0.25) is 5.02 Å². The number of halogens is 1. The Morgan fingerprint density at radius 1 is 1.09 bits per heavy atom. The van der Waals surface area contributed by atoms with E-state index in [2.05, 4.69) is 4.98 Å². The van der Waals surface area contributed by atoms with Gasteiger partial charge in [0.15, 0.2) is 0 Å². The van der Waals surface area contributed by atoms with Gasteiger partial charge in [-0.1, -0.05) is 29.8 Å². The van der Waals surface area contributed by atoms with Crippen LogP contribution in [0.1, 0.15) is 16.1 Å². The van der Waals surface area contributed by atoms with Crippen molar-refractivity contribution in [2.24, 2.45) is 0 Å². The SMILES string of the molecule is O=C(c1cc(S(=O)(=O)N2CCOCC2)ccc1Cl)N(Cc1ccccn1)c1ccccc1O. The predicted molar refractivity (Wildman–Crippen MR) is 124 cm³/mol. The number of nitrogens with zero attached hydrogens (tertiary/aromatic N) is 3. The van der Waals surface area contributed by atoms with Crippen LogP contribution < -0.4 is 4.90 Å². The third-order valence-corrected chi connectivity index (χ3v) is 7.46. The molecule has 1 N–H and O–H groups in total. The summed E-state index contributed by atoms with van der Waals surface area (Å²) in [6, 6.07) is 15.7. The predicted octanol–water partition coefficient (Wildman–Crippen LogP) is 3.31. The van der Waals surface area contributed by atoms with E-state index >= 15 is 0 Å². The Hall–Kier alpha value is -2.98. The van der Waals surface area contributed by atoms with Crippen LogP contribution in [0.25, 0.3) is 0 Å². The van der Waals surface area contributed by atoms with Crippen molar-refractivity contribution < 1.29 is 23.1 Å². The summed E-state index contributed by atoms with van der Waals surface area (Å²) in [5, 5.41) is 10.5. The molecule has 1 aliphatic heterocycles. The number of sulfonamides is 1. The van der Waals surface area contributed by atoms with Gasteiger partial charge in [-0.3, -0.25) is 14.7 Å². The van der Waals surface area contributed by atoms with Gasteiger partial charge in [0.05, 0.1) is 46.6 Å². The maximum atomic E-state index is 13.7. The van der Waals surface area contributed by atoms with Gasteiger partial charge < -0.3 is 9.84 Å². The van der Waals surface area contributed by atoms with Gasteiger partial charge in [-0.25, -0.2) is 8.42 Å². The number of aromatic nitrogens is 1. The number of rotatable bonds is 6. The van der Waals surface area contributed by atoms with Crippen molar-refractivity contribution >= 4 is 33.2 Å². The standard InChI is InChI=1S/C23H22ClN3O5S/c24-20-9-8-18(33(30,31)26-11-13-32-14-12-26)15-19(20)23(29)27(16-17-5-3-4-10-25-17)21-6-1-2-7-22(21)28/h1-10,15,28H,11-14,16H2. The molecule has 0 radical (unpaired) electrons. The number of hydrogen-bond acceptors (Lipinski definition) is 6. The topological polar surface area (TPSA) is 100 Å². The van der Waals surface area contributed by atoms with E-state index in [1.807, 2.05) is 0 Å². The van der Waals surface area contributed by atoms with E-state index < -0.39 is 15.9 Å². The van der Waals surface area contributed by atoms with Gasteiger partial charge in [0.25, 0.3) is 5.91 Å². The molecule has 8 nitrogen and oxygen atoms in total. The minimum Gasteiger partial charge on any atom is -0.506 e. The summed E-state index contributed by atoms with van der Waals surface area (Å²) >= 11 is 6.35. The molecule has 3 aromatic rings. The zero-order chi connectivity index (χ0) is 23.4. The van der Waals surface area contributed by atoms with Gasteiger partial charge in [-0.15, -0.1) is 0 Å². The van der Waals surface area contributed by atoms with Crippen LogP contribution in [-0.2, 0) is 21.3 Å². The molecule has 2 heterocycles. The lowest BCUT2D eigenvalue weighted by molar-refractivity contribution is 0.0730. The number of anilines is 1. The fourth-order valence-corrected chi connectivity index (χ4v) is 5.16. The number of pyridine rings is 1. The molecular weight excluding hydrogens is 466 g/mol. The zero-order valence-corrected chi connectivity index (χ0v) is 19.2. The second kappa shape index (κ2) is 9.88. The van der Waals surface area contributed by atoms with Gasteiger partial charge in [-0.05, 0) is 42.5 Å². The number of carbonyl (C=O) groups is 1. The number of phenols is 1. The molecule has 33 heavy (non-hydrogen) atoms. The number of ether oxygens (including phenoxy) is 1. The van der Waals surface area contributed by atoms with Crippen LogP contribution >= 0.6 is 11.6 Å². The van der Waals surface area contributed by atoms with E-state index in [9.17, 15) is 18.3 Å². The summed E-state index contributed by atoms with van der Waals surface area (Å²) in [5.41, 5.74) is 0.846. The Bertz CT molecular complexity index is 1250. The van der Waals surface area contributed by atoms with E-state index in [0.29, 0.717) is 18.9 Å². The Morgan fingerprint density at radius 2 is 1.82 bits per heavy atom. The number of para-hydroxylation sites is 2. The average molecular weight is 488 g/mol. The first-order valence-corrected chi connectivity index (χ1v) is 12.1. The highest BCUT2D eigenvalue weighted by Gasteiger charge is 2.29. The van der Waals surface area contributed by atoms with E-state index in [1.54, 1.807) is 42.6 Å². The normalized spacial score (nSPS) is 14.7. The maximum absolute atomic E-state index is 13.7. The molecule has 1 saturated heterocycles. The monoisotopic (exact) mass is 487 g/mol. The van der Waals surface area contributed by atoms with Crippen molar-refractivity contribution in [2.45, 2.75) is 11.4 Å². The number of morpholine rings is 1. The van der Waals surface area contributed by atoms with Gasteiger partial charge >= 0.3 is 0 Å². The molecule has 4 rings (SSSR count). The molecule has 2 aromatic carbocycles. The highest BCUT2D eigenvalue weighted by Crippen LogP contribution is 2.31. The first-order valence-electron chi connectivity index (χ1n) is 10.2. The molecule has 0 saturated carbocycles. The van der Waals surface area contributed by atoms with Crippen LogP contribution in [0, 0.1) is 0 Å². The summed E-state index contributed by atoms with van der Waals surface area (Å²) in [4.78, 5) is 19.2. The van der Waals surface area contributed by atoms with Gasteiger partial charge in [0.2, 0.25) is 10.0 Å². The number of hydrogen-bond donors (Lipinski definition) is 1. The molecule has 0 spiro atoms. The number of phenolic OH excluding ortho intramolecular Hbond substituents is 1. The molecule has 1 aromatic heterocycles. The Kier molecular flexibility index (Phi) is 6.94. The zero-order valence-electron chi connectivity index (χ0n) is 17.6. The molecule has 0 atom stereocenters. The van der Waals surface area contributed by atoms with E-state index in [0.717, 1.165) is 0 Å². The molecule has 172 valence electrons. The maximum Gasteiger partial charge on any atom is 0.260 e. The smallest absolute Gasteiger partial charge is 0.260 e. The number of carbonyl (C=O) groups excluding carboxylic acids is 1. The van der Waals surface area contributed by atoms with E-state index in [1.165, 1.54) is 33.5 Å². The van der Waals surface area contributed by atoms with E-state index in [-0.39, 0.29) is 46.6 Å². The van der Waals surface area contributed by atoms with Crippen molar-refractivity contribution in [3.05, 3.63) is 83.1 Å². The van der Waals surface area contributed by atoms with Gasteiger partial charge in [-0.2, -0.15) is 4.31 Å². The first kappa shape index (κ1) is 23.2. The Balaban J connectivity index is 1.74. The number of aromatic hydroxyl groups is 1. The molecular formula is C23H22ClN3O5S. The molecule has 0 unspecified atom stereocenters. The van der Waals surface area contributed by atoms with Crippen molar-refractivity contribution in [3.63, 3.8) is 0 Å². The van der Waals surface area contributed by atoms with Crippen LogP contribution in [0.15, 0.2) is 71.8 Å². The third-order valence-electron chi connectivity index (χ3n) is 5.24. The van der Waals surface area contributed by atoms with Crippen molar-refractivity contribution in [1.82, 2.24) is 9.29 Å². The second-order valence-corrected chi connectivity index (χ2v) is 9.70. The van der Waals surface area contributed by atoms with Crippen molar-refractivity contribution in [3.8, 4) is 5.75 Å². The molecule has 0 aliphatic carbocycles. The lowest BCUT2D eigenvalue weighted by Crippen LogP contribution is -2.40. The van der Waals surface area contributed by atoms with Gasteiger partial charge in [0, 0.05) is 19.3 Å². The van der Waals surface area contributed by atoms with Crippen LogP contribution in [0.3, 0.4) is 0 Å². The van der Waals surface area contributed by atoms with Crippen LogP contribution in [-0.4, -0.2) is 55.0 Å². The fraction of sp³-hybridized carbons (Fsp3) is 0.217. The molecule has 0 bridgehead atoms. The van der Waals surface area contributed by atoms with Crippen LogP contribution in [0.4, 0.5) is 5.69 Å². The lowest BCUT2D eigenvalue weighted by atomic mass is 10.1. The van der Waals surface area contributed by atoms with Gasteiger partial charge in [0.1, 0.15) is 5.75 Å². The number of amides is 1. The summed E-state index contributed by atoms with van der Waals surface area (Å²) in [5.74, 6) is -0.666. The van der Waals surface area contributed by atoms with E-state index in [4.69, 9.17) is 16.3 Å². The van der Waals surface area contributed by atoms with Crippen molar-refractivity contribution in [2.75, 3.05) is 31.2 Å². The second-order valence-electron chi connectivity index (χ2n) is 7.36. The minimum atomic E-state index is -3.83. The third kappa shape index (κ3) is 5.01. The average Bonchev–Trinajstić information content (AvgIpc) is 2.84. The Morgan fingerprint density at radius 3 is 2.52 bits per heavy atom. The number of benzene rings is 2. The summed E-state index contributed by atoms with van der Waals surface area (Å²) in [6.45, 7) is 1.14. The molecule has 1 fully saturated rings. The summed E-state index contributed by atoms with van der Waals surface area (Å²) in [6.07, 6.45) is 1.60. The Labute approximate surface area is 197 Å². The quantitative estimate of drug-likeness (QED) is 0.572. The summed E-state index contributed by atoms with van der Waals surface area (Å²) < 4.78 is 32.8.